The smallest absolute Gasteiger partial charge is 0.152 e. The molecule has 4 heteroatoms. The second-order valence-electron chi connectivity index (χ2n) is 4.31. The van der Waals surface area contributed by atoms with Crippen molar-refractivity contribution in [1.82, 2.24) is 0 Å². The zero-order valence-electron chi connectivity index (χ0n) is 10.4. The number of nitrogens with zero attached hydrogens (tertiary/aromatic N) is 1. The fraction of sp³-hybridized carbons (Fsp3) is 0.133. The van der Waals surface area contributed by atoms with E-state index in [-0.39, 0.29) is 5.82 Å². The van der Waals surface area contributed by atoms with E-state index in [2.05, 4.69) is 0 Å². The molecule has 0 bridgehead atoms. The summed E-state index contributed by atoms with van der Waals surface area (Å²) in [6.07, 6.45) is 0.767. The summed E-state index contributed by atoms with van der Waals surface area (Å²) < 4.78 is 13.1. The number of carbonyl (C=O) groups is 1. The topological polar surface area (TPSA) is 20.3 Å². The Balaban J connectivity index is 2.24. The monoisotopic (exact) mass is 277 g/mol. The highest BCUT2D eigenvalue weighted by Crippen LogP contribution is 2.23. The Morgan fingerprint density at radius 1 is 1.26 bits per heavy atom. The van der Waals surface area contributed by atoms with Gasteiger partial charge < -0.3 is 4.90 Å². The lowest BCUT2D eigenvalue weighted by Gasteiger charge is -2.21. The molecule has 0 N–H and O–H groups in total. The Bertz CT molecular complexity index is 600. The van der Waals surface area contributed by atoms with Crippen LogP contribution in [0.15, 0.2) is 42.5 Å². The molecule has 0 radical (unpaired) electrons. The van der Waals surface area contributed by atoms with Gasteiger partial charge >= 0.3 is 0 Å². The van der Waals surface area contributed by atoms with Gasteiger partial charge in [0.2, 0.25) is 0 Å². The van der Waals surface area contributed by atoms with E-state index in [1.165, 1.54) is 12.1 Å². The molecule has 2 aromatic rings. The Morgan fingerprint density at radius 2 is 2.05 bits per heavy atom. The number of halogens is 2. The van der Waals surface area contributed by atoms with E-state index in [0.29, 0.717) is 17.1 Å². The molecule has 0 amide bonds. The molecule has 0 atom stereocenters. The van der Waals surface area contributed by atoms with Gasteiger partial charge in [0, 0.05) is 29.9 Å². The number of hydrogen-bond donors (Lipinski definition) is 0. The molecule has 19 heavy (non-hydrogen) atoms. The van der Waals surface area contributed by atoms with Crippen LogP contribution in [0.4, 0.5) is 10.1 Å². The van der Waals surface area contributed by atoms with Crippen molar-refractivity contribution in [2.24, 2.45) is 0 Å². The Labute approximate surface area is 116 Å². The normalized spacial score (nSPS) is 10.3. The molecule has 2 rings (SSSR count). The zero-order chi connectivity index (χ0) is 13.8. The molecule has 0 unspecified atom stereocenters. The van der Waals surface area contributed by atoms with E-state index in [9.17, 15) is 9.18 Å². The van der Waals surface area contributed by atoms with Crippen LogP contribution in [0.2, 0.25) is 5.02 Å². The van der Waals surface area contributed by atoms with Gasteiger partial charge in [-0.15, -0.1) is 0 Å². The minimum atomic E-state index is -0.266. The van der Waals surface area contributed by atoms with Gasteiger partial charge in [-0.3, -0.25) is 4.79 Å². The summed E-state index contributed by atoms with van der Waals surface area (Å²) in [5, 5.41) is 0.519. The van der Waals surface area contributed by atoms with Crippen LogP contribution in [0.25, 0.3) is 0 Å². The van der Waals surface area contributed by atoms with Crippen LogP contribution in [-0.2, 0) is 6.54 Å². The summed E-state index contributed by atoms with van der Waals surface area (Å²) in [4.78, 5) is 12.9. The quantitative estimate of drug-likeness (QED) is 0.789. The molecule has 98 valence electrons. The fourth-order valence-corrected chi connectivity index (χ4v) is 2.14. The maximum atomic E-state index is 13.1. The van der Waals surface area contributed by atoms with E-state index in [1.54, 1.807) is 24.3 Å². The van der Waals surface area contributed by atoms with E-state index in [1.807, 2.05) is 18.0 Å². The summed E-state index contributed by atoms with van der Waals surface area (Å²) in [5.41, 5.74) is 2.13. The highest BCUT2D eigenvalue weighted by Gasteiger charge is 2.08. The van der Waals surface area contributed by atoms with Crippen molar-refractivity contribution < 1.29 is 9.18 Å². The van der Waals surface area contributed by atoms with Crippen molar-refractivity contribution in [1.29, 1.82) is 0 Å². The fourth-order valence-electron chi connectivity index (χ4n) is 1.96. The van der Waals surface area contributed by atoms with Crippen molar-refractivity contribution in [3.05, 3.63) is 64.4 Å². The summed E-state index contributed by atoms with van der Waals surface area (Å²) in [7, 11) is 1.85. The maximum absolute atomic E-state index is 13.1. The van der Waals surface area contributed by atoms with Crippen molar-refractivity contribution in [3.63, 3.8) is 0 Å². The van der Waals surface area contributed by atoms with Gasteiger partial charge in [0.25, 0.3) is 0 Å². The number of benzene rings is 2. The van der Waals surface area contributed by atoms with Gasteiger partial charge in [0.1, 0.15) is 5.82 Å². The SMILES string of the molecule is CN(Cc1cccc(F)c1)c1ccc(Cl)cc1C=O. The summed E-state index contributed by atoms with van der Waals surface area (Å²) in [5.74, 6) is -0.266. The minimum Gasteiger partial charge on any atom is -0.370 e. The minimum absolute atomic E-state index is 0.266. The van der Waals surface area contributed by atoms with E-state index in [0.717, 1.165) is 17.5 Å². The Kier molecular flexibility index (Phi) is 4.17. The molecule has 0 aliphatic rings. The largest absolute Gasteiger partial charge is 0.370 e. The van der Waals surface area contributed by atoms with Crippen LogP contribution < -0.4 is 4.90 Å². The predicted octanol–water partition coefficient (Wildman–Crippen LogP) is 3.93. The van der Waals surface area contributed by atoms with Crippen LogP contribution in [-0.4, -0.2) is 13.3 Å². The van der Waals surface area contributed by atoms with E-state index >= 15 is 0 Å². The van der Waals surface area contributed by atoms with Crippen molar-refractivity contribution >= 4 is 23.6 Å². The molecule has 0 aliphatic carbocycles. The third-order valence-corrected chi connectivity index (χ3v) is 3.07. The second-order valence-corrected chi connectivity index (χ2v) is 4.74. The molecule has 0 saturated heterocycles. The van der Waals surface area contributed by atoms with E-state index < -0.39 is 0 Å². The number of hydrogen-bond acceptors (Lipinski definition) is 2. The highest BCUT2D eigenvalue weighted by molar-refractivity contribution is 6.31. The highest BCUT2D eigenvalue weighted by atomic mass is 35.5. The molecule has 0 aliphatic heterocycles. The molecule has 2 aromatic carbocycles. The predicted molar refractivity (Wildman–Crippen MR) is 75.3 cm³/mol. The third-order valence-electron chi connectivity index (χ3n) is 2.84. The average molecular weight is 278 g/mol. The van der Waals surface area contributed by atoms with Gasteiger partial charge in [-0.1, -0.05) is 23.7 Å². The lowest BCUT2D eigenvalue weighted by Crippen LogP contribution is -2.18. The lowest BCUT2D eigenvalue weighted by atomic mass is 10.1. The number of anilines is 1. The molecule has 0 spiro atoms. The average Bonchev–Trinajstić information content (AvgIpc) is 2.38. The standard InChI is InChI=1S/C15H13ClFNO/c1-18(9-11-3-2-4-14(17)7-11)15-6-5-13(16)8-12(15)10-19/h2-8,10H,9H2,1H3. The van der Waals surface area contributed by atoms with Crippen LogP contribution in [0.1, 0.15) is 15.9 Å². The first-order valence-electron chi connectivity index (χ1n) is 5.80. The van der Waals surface area contributed by atoms with Crippen LogP contribution in [0, 0.1) is 5.82 Å². The summed E-state index contributed by atoms with van der Waals surface area (Å²) >= 11 is 5.85. The number of aldehydes is 1. The molecular formula is C15H13ClFNO. The van der Waals surface area contributed by atoms with Crippen LogP contribution in [0.3, 0.4) is 0 Å². The molecule has 0 saturated carbocycles. The molecule has 0 heterocycles. The van der Waals surface area contributed by atoms with Crippen molar-refractivity contribution in [2.75, 3.05) is 11.9 Å². The van der Waals surface area contributed by atoms with Gasteiger partial charge in [-0.25, -0.2) is 4.39 Å². The summed E-state index contributed by atoms with van der Waals surface area (Å²) in [6, 6.07) is 11.5. The van der Waals surface area contributed by atoms with Gasteiger partial charge in [0.15, 0.2) is 6.29 Å². The number of carbonyl (C=O) groups excluding carboxylic acids is 1. The first-order valence-corrected chi connectivity index (χ1v) is 6.18. The molecular weight excluding hydrogens is 265 g/mol. The van der Waals surface area contributed by atoms with Gasteiger partial charge in [0.05, 0.1) is 0 Å². The first kappa shape index (κ1) is 13.6. The molecule has 2 nitrogen and oxygen atoms in total. The zero-order valence-corrected chi connectivity index (χ0v) is 11.2. The van der Waals surface area contributed by atoms with Crippen LogP contribution >= 0.6 is 11.6 Å². The molecule has 0 aromatic heterocycles. The summed E-state index contributed by atoms with van der Waals surface area (Å²) in [6.45, 7) is 0.514. The first-order chi connectivity index (χ1) is 9.10. The van der Waals surface area contributed by atoms with Gasteiger partial charge in [-0.05, 0) is 35.9 Å². The van der Waals surface area contributed by atoms with Gasteiger partial charge in [-0.2, -0.15) is 0 Å². The molecule has 0 fully saturated rings. The van der Waals surface area contributed by atoms with Crippen LogP contribution in [0.5, 0.6) is 0 Å². The Morgan fingerprint density at radius 3 is 2.74 bits per heavy atom. The lowest BCUT2D eigenvalue weighted by molar-refractivity contribution is 0.112. The second kappa shape index (κ2) is 5.85. The number of rotatable bonds is 4. The maximum Gasteiger partial charge on any atom is 0.152 e. The van der Waals surface area contributed by atoms with Crippen molar-refractivity contribution in [2.45, 2.75) is 6.54 Å². The third kappa shape index (κ3) is 3.32. The van der Waals surface area contributed by atoms with E-state index in [4.69, 9.17) is 11.6 Å². The Hall–Kier alpha value is -1.87. The van der Waals surface area contributed by atoms with Crippen molar-refractivity contribution in [3.8, 4) is 0 Å².